The van der Waals surface area contributed by atoms with Crippen LogP contribution in [-0.4, -0.2) is 48.3 Å². The van der Waals surface area contributed by atoms with Crippen LogP contribution < -0.4 is 10.5 Å². The first-order valence-corrected chi connectivity index (χ1v) is 7.36. The molecule has 1 aliphatic rings. The van der Waals surface area contributed by atoms with Crippen molar-refractivity contribution in [2.45, 2.75) is 26.1 Å². The number of hydrogen-bond acceptors (Lipinski definition) is 4. The summed E-state index contributed by atoms with van der Waals surface area (Å²) in [5.74, 6) is 0.810. The molecule has 0 radical (unpaired) electrons. The second kappa shape index (κ2) is 7.02. The largest absolute Gasteiger partial charge is 0.492 e. The maximum atomic E-state index is 5.77. The van der Waals surface area contributed by atoms with E-state index in [9.17, 15) is 0 Å². The van der Waals surface area contributed by atoms with Crippen LogP contribution in [0.15, 0.2) is 24.3 Å². The third-order valence-corrected chi connectivity index (χ3v) is 3.53. The van der Waals surface area contributed by atoms with Gasteiger partial charge in [0.1, 0.15) is 17.3 Å². The smallest absolute Gasteiger partial charge is 0.120 e. The molecule has 1 aliphatic heterocycles. The van der Waals surface area contributed by atoms with Gasteiger partial charge in [0.15, 0.2) is 0 Å². The Morgan fingerprint density at radius 3 is 2.75 bits per heavy atom. The molecule has 5 heteroatoms. The minimum atomic E-state index is 0.289. The first-order valence-electron chi connectivity index (χ1n) is 6.95. The molecule has 0 aromatic heterocycles. The van der Waals surface area contributed by atoms with E-state index in [1.54, 1.807) is 0 Å². The summed E-state index contributed by atoms with van der Waals surface area (Å²) in [5, 5.41) is 0. The number of nitrogens with zero attached hydrogens (tertiary/aromatic N) is 1. The van der Waals surface area contributed by atoms with Gasteiger partial charge in [-0.15, -0.1) is 0 Å². The number of rotatable bonds is 5. The molecule has 4 nitrogen and oxygen atoms in total. The van der Waals surface area contributed by atoms with E-state index in [4.69, 9.17) is 27.4 Å². The summed E-state index contributed by atoms with van der Waals surface area (Å²) >= 11 is 4.96. The molecule has 0 bridgehead atoms. The standard InChI is InChI=1S/C15H22N2O2S/c1-11-9-17(10-12(2)19-11)6-7-18-14-5-3-4-13(8-14)15(16)20/h3-5,8,11-12H,6-7,9-10H2,1-2H3,(H2,16,20). The molecule has 0 aliphatic carbocycles. The van der Waals surface area contributed by atoms with Crippen LogP contribution >= 0.6 is 12.2 Å². The van der Waals surface area contributed by atoms with Crippen molar-refractivity contribution in [2.75, 3.05) is 26.2 Å². The summed E-state index contributed by atoms with van der Waals surface area (Å²) in [6.45, 7) is 7.68. The average Bonchev–Trinajstić information content (AvgIpc) is 2.38. The summed E-state index contributed by atoms with van der Waals surface area (Å²) in [4.78, 5) is 2.77. The van der Waals surface area contributed by atoms with Crippen molar-refractivity contribution in [3.63, 3.8) is 0 Å². The molecule has 1 fully saturated rings. The van der Waals surface area contributed by atoms with E-state index in [2.05, 4.69) is 18.7 Å². The van der Waals surface area contributed by atoms with E-state index < -0.39 is 0 Å². The molecule has 1 heterocycles. The zero-order valence-electron chi connectivity index (χ0n) is 12.0. The minimum Gasteiger partial charge on any atom is -0.492 e. The normalized spacial score (nSPS) is 23.5. The predicted octanol–water partition coefficient (Wildman–Crippen LogP) is 1.81. The highest BCUT2D eigenvalue weighted by atomic mass is 32.1. The zero-order valence-corrected chi connectivity index (χ0v) is 12.9. The van der Waals surface area contributed by atoms with Gasteiger partial charge >= 0.3 is 0 Å². The molecular weight excluding hydrogens is 272 g/mol. The highest BCUT2D eigenvalue weighted by Gasteiger charge is 2.21. The molecule has 1 aromatic rings. The zero-order chi connectivity index (χ0) is 14.5. The molecule has 110 valence electrons. The maximum absolute atomic E-state index is 5.77. The van der Waals surface area contributed by atoms with Gasteiger partial charge in [0.25, 0.3) is 0 Å². The van der Waals surface area contributed by atoms with Crippen molar-refractivity contribution < 1.29 is 9.47 Å². The van der Waals surface area contributed by atoms with E-state index in [0.29, 0.717) is 11.6 Å². The Kier molecular flexibility index (Phi) is 5.34. The van der Waals surface area contributed by atoms with Crippen molar-refractivity contribution in [1.82, 2.24) is 4.90 Å². The topological polar surface area (TPSA) is 47.7 Å². The second-order valence-corrected chi connectivity index (χ2v) is 5.70. The lowest BCUT2D eigenvalue weighted by atomic mass is 10.2. The van der Waals surface area contributed by atoms with Crippen molar-refractivity contribution in [1.29, 1.82) is 0 Å². The molecule has 0 saturated carbocycles. The highest BCUT2D eigenvalue weighted by molar-refractivity contribution is 7.80. The summed E-state index contributed by atoms with van der Waals surface area (Å²) < 4.78 is 11.5. The molecule has 20 heavy (non-hydrogen) atoms. The van der Waals surface area contributed by atoms with Crippen LogP contribution in [0, 0.1) is 0 Å². The number of hydrogen-bond donors (Lipinski definition) is 1. The van der Waals surface area contributed by atoms with Crippen LogP contribution in [0.25, 0.3) is 0 Å². The minimum absolute atomic E-state index is 0.289. The molecule has 1 aromatic carbocycles. The quantitative estimate of drug-likeness (QED) is 0.839. The van der Waals surface area contributed by atoms with E-state index in [-0.39, 0.29) is 12.2 Å². The average molecular weight is 294 g/mol. The Balaban J connectivity index is 1.81. The fourth-order valence-corrected chi connectivity index (χ4v) is 2.63. The number of ether oxygens (including phenoxy) is 2. The molecule has 0 amide bonds. The fraction of sp³-hybridized carbons (Fsp3) is 0.533. The van der Waals surface area contributed by atoms with Crippen LogP contribution in [0.4, 0.5) is 0 Å². The first-order chi connectivity index (χ1) is 9.54. The first kappa shape index (κ1) is 15.2. The SMILES string of the molecule is CC1CN(CCOc2cccc(C(N)=S)c2)CC(C)O1. The summed E-state index contributed by atoms with van der Waals surface area (Å²) in [6.07, 6.45) is 0.577. The third kappa shape index (κ3) is 4.44. The molecular formula is C15H22N2O2S. The Morgan fingerprint density at radius 1 is 1.40 bits per heavy atom. The van der Waals surface area contributed by atoms with Gasteiger partial charge in [0.2, 0.25) is 0 Å². The number of morpholine rings is 1. The number of benzene rings is 1. The van der Waals surface area contributed by atoms with Crippen LogP contribution in [0.3, 0.4) is 0 Å². The van der Waals surface area contributed by atoms with Gasteiger partial charge < -0.3 is 15.2 Å². The predicted molar refractivity (Wildman–Crippen MR) is 84.3 cm³/mol. The van der Waals surface area contributed by atoms with Crippen molar-refractivity contribution in [3.8, 4) is 5.75 Å². The van der Waals surface area contributed by atoms with Crippen LogP contribution in [0.1, 0.15) is 19.4 Å². The summed E-state index contributed by atoms with van der Waals surface area (Å²) in [6, 6.07) is 7.60. The number of thiocarbonyl (C=S) groups is 1. The lowest BCUT2D eigenvalue weighted by Gasteiger charge is -2.35. The fourth-order valence-electron chi connectivity index (χ4n) is 2.50. The lowest BCUT2D eigenvalue weighted by molar-refractivity contribution is -0.0699. The number of nitrogens with two attached hydrogens (primary N) is 1. The Labute approximate surface area is 125 Å². The van der Waals surface area contributed by atoms with E-state index >= 15 is 0 Å². The van der Waals surface area contributed by atoms with E-state index in [0.717, 1.165) is 30.9 Å². The maximum Gasteiger partial charge on any atom is 0.120 e. The van der Waals surface area contributed by atoms with Gasteiger partial charge in [-0.25, -0.2) is 0 Å². The second-order valence-electron chi connectivity index (χ2n) is 5.26. The molecule has 2 N–H and O–H groups in total. The van der Waals surface area contributed by atoms with Gasteiger partial charge in [-0.3, -0.25) is 4.90 Å². The van der Waals surface area contributed by atoms with Gasteiger partial charge in [-0.2, -0.15) is 0 Å². The third-order valence-electron chi connectivity index (χ3n) is 3.29. The van der Waals surface area contributed by atoms with Gasteiger partial charge in [0, 0.05) is 25.2 Å². The molecule has 2 unspecified atom stereocenters. The Morgan fingerprint density at radius 2 is 2.10 bits per heavy atom. The molecule has 0 spiro atoms. The van der Waals surface area contributed by atoms with Crippen molar-refractivity contribution >= 4 is 17.2 Å². The van der Waals surface area contributed by atoms with Gasteiger partial charge in [-0.1, -0.05) is 24.4 Å². The van der Waals surface area contributed by atoms with Crippen molar-refractivity contribution in [2.24, 2.45) is 5.73 Å². The van der Waals surface area contributed by atoms with E-state index in [1.165, 1.54) is 0 Å². The van der Waals surface area contributed by atoms with E-state index in [1.807, 2.05) is 24.3 Å². The highest BCUT2D eigenvalue weighted by Crippen LogP contribution is 2.14. The molecule has 2 rings (SSSR count). The Hall–Kier alpha value is -1.17. The van der Waals surface area contributed by atoms with Crippen LogP contribution in [-0.2, 0) is 4.74 Å². The summed E-state index contributed by atoms with van der Waals surface area (Å²) in [7, 11) is 0. The molecule has 1 saturated heterocycles. The summed E-state index contributed by atoms with van der Waals surface area (Å²) in [5.41, 5.74) is 6.45. The van der Waals surface area contributed by atoms with Crippen LogP contribution in [0.2, 0.25) is 0 Å². The monoisotopic (exact) mass is 294 g/mol. The van der Waals surface area contributed by atoms with Gasteiger partial charge in [-0.05, 0) is 26.0 Å². The van der Waals surface area contributed by atoms with Crippen LogP contribution in [0.5, 0.6) is 5.75 Å². The molecule has 2 atom stereocenters. The van der Waals surface area contributed by atoms with Crippen molar-refractivity contribution in [3.05, 3.63) is 29.8 Å². The lowest BCUT2D eigenvalue weighted by Crippen LogP contribution is -2.46. The van der Waals surface area contributed by atoms with Gasteiger partial charge in [0.05, 0.1) is 12.2 Å². The Bertz CT molecular complexity index is 457.